The summed E-state index contributed by atoms with van der Waals surface area (Å²) in [6, 6.07) is 17.1. The Morgan fingerprint density at radius 2 is 1.23 bits per heavy atom. The van der Waals surface area contributed by atoms with E-state index >= 15 is 0 Å². The normalized spacial score (nSPS) is 19.8. The number of nitro groups is 1. The molecular formula is C28H27F2N7O2. The Morgan fingerprint density at radius 1 is 0.744 bits per heavy atom. The minimum atomic E-state index is -0.443. The topological polar surface area (TPSA) is 99.5 Å². The lowest BCUT2D eigenvalue weighted by molar-refractivity contribution is -0.384. The highest BCUT2D eigenvalue weighted by atomic mass is 19.1. The summed E-state index contributed by atoms with van der Waals surface area (Å²) in [4.78, 5) is 25.4. The Balaban J connectivity index is 1.51. The molecule has 2 atom stereocenters. The van der Waals surface area contributed by atoms with Gasteiger partial charge in [-0.2, -0.15) is 0 Å². The van der Waals surface area contributed by atoms with Crippen LogP contribution in [-0.2, 0) is 0 Å². The van der Waals surface area contributed by atoms with Gasteiger partial charge in [0.15, 0.2) is 11.6 Å². The zero-order chi connectivity index (χ0) is 26.9. The van der Waals surface area contributed by atoms with E-state index in [2.05, 4.69) is 20.4 Å². The molecule has 0 spiro atoms. The second-order valence-electron chi connectivity index (χ2n) is 9.73. The monoisotopic (exact) mass is 531 g/mol. The second kappa shape index (κ2) is 10.5. The molecule has 4 aromatic rings. The number of nitro benzene ring substituents is 1. The number of nitrogens with zero attached hydrogens (tertiary/aromatic N) is 5. The summed E-state index contributed by atoms with van der Waals surface area (Å²) in [5.41, 5.74) is 2.77. The first-order valence-corrected chi connectivity index (χ1v) is 12.9. The van der Waals surface area contributed by atoms with Crippen molar-refractivity contribution in [3.63, 3.8) is 0 Å². The smallest absolute Gasteiger partial charge is 0.271 e. The zero-order valence-corrected chi connectivity index (χ0v) is 21.1. The highest BCUT2D eigenvalue weighted by Gasteiger charge is 2.33. The number of benzene rings is 3. The lowest BCUT2D eigenvalue weighted by Gasteiger charge is -2.42. The van der Waals surface area contributed by atoms with Gasteiger partial charge in [0.1, 0.15) is 11.6 Å². The highest BCUT2D eigenvalue weighted by molar-refractivity contribution is 5.83. The minimum absolute atomic E-state index is 0.0581. The lowest BCUT2D eigenvalue weighted by Crippen LogP contribution is -2.49. The lowest BCUT2D eigenvalue weighted by atomic mass is 10.0. The van der Waals surface area contributed by atoms with Crippen LogP contribution in [0.15, 0.2) is 66.7 Å². The van der Waals surface area contributed by atoms with E-state index in [-0.39, 0.29) is 29.4 Å². The van der Waals surface area contributed by atoms with Gasteiger partial charge in [0.05, 0.1) is 28.0 Å². The summed E-state index contributed by atoms with van der Waals surface area (Å²) in [5, 5.41) is 18.3. The van der Waals surface area contributed by atoms with Crippen molar-refractivity contribution in [1.29, 1.82) is 0 Å². The van der Waals surface area contributed by atoms with Crippen molar-refractivity contribution in [2.24, 2.45) is 0 Å². The summed E-state index contributed by atoms with van der Waals surface area (Å²) in [5.74, 6) is 0.648. The van der Waals surface area contributed by atoms with E-state index in [0.29, 0.717) is 55.4 Å². The fraction of sp³-hybridized carbons (Fsp3) is 0.286. The Kier molecular flexibility index (Phi) is 6.76. The van der Waals surface area contributed by atoms with Crippen LogP contribution in [-0.4, -0.2) is 54.2 Å². The van der Waals surface area contributed by atoms with Crippen molar-refractivity contribution in [2.45, 2.75) is 12.1 Å². The van der Waals surface area contributed by atoms with Gasteiger partial charge in [-0.25, -0.2) is 18.7 Å². The van der Waals surface area contributed by atoms with Crippen molar-refractivity contribution in [2.75, 3.05) is 49.1 Å². The average Bonchev–Trinajstić information content (AvgIpc) is 2.97. The van der Waals surface area contributed by atoms with E-state index < -0.39 is 4.92 Å². The molecule has 2 unspecified atom stereocenters. The Labute approximate surface area is 223 Å². The van der Waals surface area contributed by atoms with Gasteiger partial charge >= 0.3 is 0 Å². The molecular weight excluding hydrogens is 504 g/mol. The summed E-state index contributed by atoms with van der Waals surface area (Å²) >= 11 is 0. The number of non-ortho nitro benzene ring substituents is 1. The molecule has 39 heavy (non-hydrogen) atoms. The van der Waals surface area contributed by atoms with Crippen LogP contribution in [0.1, 0.15) is 23.2 Å². The molecule has 2 aliphatic heterocycles. The number of halogens is 2. The minimum Gasteiger partial charge on any atom is -0.344 e. The Morgan fingerprint density at radius 3 is 1.72 bits per heavy atom. The van der Waals surface area contributed by atoms with Crippen LogP contribution in [0.3, 0.4) is 0 Å². The standard InChI is InChI=1S/C28H27F2N7O2/c29-20-5-1-18(2-6-20)25-16-31-11-13-35(25)27-28(34-24-15-22(37(38)39)9-10-23(24)33-27)36-14-12-32-17-26(36)19-3-7-21(30)8-4-19/h1-10,15,25-26,31-32H,11-14,16-17H2. The maximum absolute atomic E-state index is 13.7. The third kappa shape index (κ3) is 4.98. The molecule has 0 amide bonds. The molecule has 2 aliphatic rings. The molecule has 3 aromatic carbocycles. The first-order valence-electron chi connectivity index (χ1n) is 12.9. The maximum atomic E-state index is 13.7. The number of rotatable bonds is 5. The molecule has 0 radical (unpaired) electrons. The number of anilines is 2. The van der Waals surface area contributed by atoms with Crippen molar-refractivity contribution in [3.05, 3.63) is 99.6 Å². The van der Waals surface area contributed by atoms with Crippen molar-refractivity contribution in [1.82, 2.24) is 20.6 Å². The number of fused-ring (bicyclic) bond motifs is 1. The van der Waals surface area contributed by atoms with Crippen LogP contribution < -0.4 is 20.4 Å². The Bertz CT molecular complexity index is 1500. The number of piperazine rings is 2. The van der Waals surface area contributed by atoms with E-state index in [0.717, 1.165) is 17.7 Å². The summed E-state index contributed by atoms with van der Waals surface area (Å²) < 4.78 is 27.5. The fourth-order valence-corrected chi connectivity index (χ4v) is 5.40. The van der Waals surface area contributed by atoms with Crippen LogP contribution in [0, 0.1) is 21.7 Å². The van der Waals surface area contributed by atoms with Crippen LogP contribution in [0.25, 0.3) is 11.0 Å². The van der Waals surface area contributed by atoms with Crippen LogP contribution in [0.5, 0.6) is 0 Å². The largest absolute Gasteiger partial charge is 0.344 e. The molecule has 3 heterocycles. The molecule has 2 saturated heterocycles. The summed E-state index contributed by atoms with van der Waals surface area (Å²) in [6.45, 7) is 3.92. The molecule has 11 heteroatoms. The molecule has 9 nitrogen and oxygen atoms in total. The van der Waals surface area contributed by atoms with E-state index in [9.17, 15) is 18.9 Å². The quantitative estimate of drug-likeness (QED) is 0.293. The molecule has 2 fully saturated rings. The number of hydrogen-bond acceptors (Lipinski definition) is 8. The second-order valence-corrected chi connectivity index (χ2v) is 9.73. The molecule has 2 N–H and O–H groups in total. The van der Waals surface area contributed by atoms with E-state index in [1.807, 2.05) is 0 Å². The predicted molar refractivity (Wildman–Crippen MR) is 145 cm³/mol. The number of aromatic nitrogens is 2. The van der Waals surface area contributed by atoms with Gasteiger partial charge in [0, 0.05) is 51.4 Å². The number of hydrogen-bond donors (Lipinski definition) is 2. The molecule has 0 saturated carbocycles. The van der Waals surface area contributed by atoms with Gasteiger partial charge in [-0.05, 0) is 41.5 Å². The zero-order valence-electron chi connectivity index (χ0n) is 21.1. The fourth-order valence-electron chi connectivity index (χ4n) is 5.40. The molecule has 0 aliphatic carbocycles. The van der Waals surface area contributed by atoms with Gasteiger partial charge < -0.3 is 20.4 Å². The summed E-state index contributed by atoms with van der Waals surface area (Å²) in [7, 11) is 0. The van der Waals surface area contributed by atoms with E-state index in [1.165, 1.54) is 36.4 Å². The molecule has 200 valence electrons. The van der Waals surface area contributed by atoms with E-state index in [1.54, 1.807) is 30.3 Å². The third-order valence-electron chi connectivity index (χ3n) is 7.36. The number of nitrogens with one attached hydrogen (secondary N) is 2. The van der Waals surface area contributed by atoms with Crippen LogP contribution in [0.4, 0.5) is 26.1 Å². The highest BCUT2D eigenvalue weighted by Crippen LogP contribution is 2.39. The predicted octanol–water partition coefficient (Wildman–Crippen LogP) is 4.12. The molecule has 1 aromatic heterocycles. The molecule has 0 bridgehead atoms. The first kappa shape index (κ1) is 25.1. The maximum Gasteiger partial charge on any atom is 0.271 e. The first-order chi connectivity index (χ1) is 19.0. The van der Waals surface area contributed by atoms with Crippen molar-refractivity contribution >= 4 is 28.4 Å². The third-order valence-corrected chi connectivity index (χ3v) is 7.36. The van der Waals surface area contributed by atoms with Crippen molar-refractivity contribution in [3.8, 4) is 0 Å². The summed E-state index contributed by atoms with van der Waals surface area (Å²) in [6.07, 6.45) is 0. The average molecular weight is 532 g/mol. The Hall–Kier alpha value is -4.22. The van der Waals surface area contributed by atoms with Crippen molar-refractivity contribution < 1.29 is 13.7 Å². The van der Waals surface area contributed by atoms with Gasteiger partial charge in [0.2, 0.25) is 0 Å². The van der Waals surface area contributed by atoms with Crippen LogP contribution in [0.2, 0.25) is 0 Å². The van der Waals surface area contributed by atoms with Crippen LogP contribution >= 0.6 is 0 Å². The van der Waals surface area contributed by atoms with Gasteiger partial charge in [-0.3, -0.25) is 10.1 Å². The van der Waals surface area contributed by atoms with Gasteiger partial charge in [-0.1, -0.05) is 24.3 Å². The molecule has 6 rings (SSSR count). The van der Waals surface area contributed by atoms with Gasteiger partial charge in [0.25, 0.3) is 5.69 Å². The van der Waals surface area contributed by atoms with Gasteiger partial charge in [-0.15, -0.1) is 0 Å². The SMILES string of the molecule is O=[N+]([O-])c1ccc2nc(N3CCNCC3c3ccc(F)cc3)c(N3CCNCC3c3ccc(F)cc3)nc2c1. The van der Waals surface area contributed by atoms with E-state index in [4.69, 9.17) is 9.97 Å².